The minimum Gasteiger partial charge on any atom is -0.310 e. The number of fused-ring (bicyclic) bond motifs is 10. The van der Waals surface area contributed by atoms with Crippen LogP contribution in [0.25, 0.3) is 52.8 Å². The molecule has 0 atom stereocenters. The Morgan fingerprint density at radius 2 is 1.26 bits per heavy atom. The van der Waals surface area contributed by atoms with E-state index in [1.54, 1.807) is 0 Å². The van der Waals surface area contributed by atoms with Gasteiger partial charge in [0.25, 0.3) is 0 Å². The van der Waals surface area contributed by atoms with Crippen LogP contribution in [-0.4, -0.2) is 0 Å². The predicted octanol–water partition coefficient (Wildman–Crippen LogP) is 12.1. The third kappa shape index (κ3) is 3.51. The molecule has 1 heterocycles. The number of hydrogen-bond acceptors (Lipinski definition) is 2. The van der Waals surface area contributed by atoms with E-state index in [0.29, 0.717) is 0 Å². The highest BCUT2D eigenvalue weighted by atomic mass is 32.1. The van der Waals surface area contributed by atoms with Crippen LogP contribution < -0.4 is 4.90 Å². The highest BCUT2D eigenvalue weighted by molar-refractivity contribution is 7.26. The summed E-state index contributed by atoms with van der Waals surface area (Å²) in [5, 5.41) is 7.88. The first-order valence-corrected chi connectivity index (χ1v) is 15.8. The second kappa shape index (κ2) is 9.04. The van der Waals surface area contributed by atoms with Gasteiger partial charge < -0.3 is 4.90 Å². The fourth-order valence-corrected chi connectivity index (χ4v) is 8.65. The van der Waals surface area contributed by atoms with E-state index in [0.717, 1.165) is 11.4 Å². The third-order valence-electron chi connectivity index (χ3n) is 9.43. The Morgan fingerprint density at radius 1 is 0.535 bits per heavy atom. The summed E-state index contributed by atoms with van der Waals surface area (Å²) in [4.78, 5) is 2.45. The summed E-state index contributed by atoms with van der Waals surface area (Å²) < 4.78 is 2.71. The molecule has 1 aliphatic carbocycles. The molecule has 0 bridgehead atoms. The van der Waals surface area contributed by atoms with E-state index >= 15 is 0 Å². The number of hydrogen-bond donors (Lipinski definition) is 0. The maximum absolute atomic E-state index is 2.45. The molecule has 9 rings (SSSR count). The predicted molar refractivity (Wildman–Crippen MR) is 187 cm³/mol. The van der Waals surface area contributed by atoms with Crippen molar-refractivity contribution in [3.8, 4) is 11.1 Å². The first-order chi connectivity index (χ1) is 21.1. The molecule has 0 amide bonds. The molecule has 0 spiro atoms. The van der Waals surface area contributed by atoms with Crippen molar-refractivity contribution in [3.05, 3.63) is 151 Å². The summed E-state index contributed by atoms with van der Waals surface area (Å²) in [6.45, 7) is 4.70. The van der Waals surface area contributed by atoms with E-state index in [1.807, 2.05) is 11.3 Å². The maximum Gasteiger partial charge on any atom is 0.0543 e. The molecular weight excluding hydrogens is 539 g/mol. The zero-order chi connectivity index (χ0) is 28.7. The Balaban J connectivity index is 1.31. The molecule has 7 aromatic carbocycles. The molecule has 0 saturated carbocycles. The second-order valence-corrected chi connectivity index (χ2v) is 13.2. The summed E-state index contributed by atoms with van der Waals surface area (Å²) in [5.74, 6) is 0. The molecule has 0 aliphatic heterocycles. The van der Waals surface area contributed by atoms with Crippen molar-refractivity contribution in [2.45, 2.75) is 19.3 Å². The van der Waals surface area contributed by atoms with E-state index in [-0.39, 0.29) is 5.41 Å². The van der Waals surface area contributed by atoms with Gasteiger partial charge >= 0.3 is 0 Å². The van der Waals surface area contributed by atoms with Gasteiger partial charge in [-0.1, -0.05) is 117 Å². The van der Waals surface area contributed by atoms with Crippen LogP contribution in [0.2, 0.25) is 0 Å². The van der Waals surface area contributed by atoms with Gasteiger partial charge in [-0.15, -0.1) is 11.3 Å². The molecule has 0 radical (unpaired) electrons. The van der Waals surface area contributed by atoms with E-state index < -0.39 is 0 Å². The van der Waals surface area contributed by atoms with Crippen LogP contribution in [0.3, 0.4) is 0 Å². The van der Waals surface area contributed by atoms with E-state index in [4.69, 9.17) is 0 Å². The van der Waals surface area contributed by atoms with Crippen molar-refractivity contribution in [3.63, 3.8) is 0 Å². The lowest BCUT2D eigenvalue weighted by atomic mass is 9.82. The molecule has 0 unspecified atom stereocenters. The summed E-state index contributed by atoms with van der Waals surface area (Å²) >= 11 is 1.91. The monoisotopic (exact) mass is 567 g/mol. The maximum atomic E-state index is 2.45. The quantitative estimate of drug-likeness (QED) is 0.192. The molecule has 1 aliphatic rings. The summed E-state index contributed by atoms with van der Waals surface area (Å²) in [7, 11) is 0. The summed E-state index contributed by atoms with van der Waals surface area (Å²) in [5.41, 5.74) is 8.92. The van der Waals surface area contributed by atoms with Crippen LogP contribution in [0.4, 0.5) is 17.1 Å². The topological polar surface area (TPSA) is 3.24 Å². The van der Waals surface area contributed by atoms with Crippen molar-refractivity contribution < 1.29 is 0 Å². The Morgan fingerprint density at radius 3 is 2.16 bits per heavy atom. The second-order valence-electron chi connectivity index (χ2n) is 12.2. The smallest absolute Gasteiger partial charge is 0.0543 e. The van der Waals surface area contributed by atoms with Gasteiger partial charge in [-0.05, 0) is 69.2 Å². The van der Waals surface area contributed by atoms with E-state index in [9.17, 15) is 0 Å². The molecule has 1 aromatic heterocycles. The van der Waals surface area contributed by atoms with Gasteiger partial charge in [0.1, 0.15) is 0 Å². The van der Waals surface area contributed by atoms with Crippen molar-refractivity contribution >= 4 is 70.1 Å². The van der Waals surface area contributed by atoms with Crippen molar-refractivity contribution in [2.24, 2.45) is 0 Å². The zero-order valence-corrected chi connectivity index (χ0v) is 25.0. The van der Waals surface area contributed by atoms with Crippen LogP contribution >= 0.6 is 11.3 Å². The Kier molecular flexibility index (Phi) is 5.18. The highest BCUT2D eigenvalue weighted by Crippen LogP contribution is 2.54. The Labute approximate surface area is 255 Å². The molecular formula is C41H29NS. The molecule has 8 aromatic rings. The molecule has 204 valence electrons. The molecule has 0 N–H and O–H groups in total. The van der Waals surface area contributed by atoms with E-state index in [2.05, 4.69) is 158 Å². The highest BCUT2D eigenvalue weighted by Gasteiger charge is 2.37. The fraction of sp³-hybridized carbons (Fsp3) is 0.0732. The largest absolute Gasteiger partial charge is 0.310 e. The van der Waals surface area contributed by atoms with Gasteiger partial charge in [0.2, 0.25) is 0 Å². The zero-order valence-electron chi connectivity index (χ0n) is 24.1. The molecule has 0 fully saturated rings. The number of para-hydroxylation sites is 1. The van der Waals surface area contributed by atoms with Crippen LogP contribution in [0.1, 0.15) is 25.0 Å². The number of anilines is 3. The third-order valence-corrected chi connectivity index (χ3v) is 10.6. The fourth-order valence-electron chi connectivity index (χ4n) is 7.38. The average molecular weight is 568 g/mol. The van der Waals surface area contributed by atoms with Crippen LogP contribution in [0, 0.1) is 0 Å². The minimum atomic E-state index is -0.0534. The molecule has 2 heteroatoms. The minimum absolute atomic E-state index is 0.0534. The lowest BCUT2D eigenvalue weighted by Gasteiger charge is -2.29. The number of thiophene rings is 1. The van der Waals surface area contributed by atoms with Crippen LogP contribution in [0.5, 0.6) is 0 Å². The number of rotatable bonds is 3. The van der Waals surface area contributed by atoms with Crippen LogP contribution in [-0.2, 0) is 5.41 Å². The summed E-state index contributed by atoms with van der Waals surface area (Å²) in [6, 6.07) is 51.5. The van der Waals surface area contributed by atoms with Crippen molar-refractivity contribution in [1.82, 2.24) is 0 Å². The standard InChI is InChI=1S/C41H29NS/c1-41(2)34-15-8-6-14-33(34)39-35(41)16-10-17-36(39)42(28-11-4-3-5-12-28)29-22-24-30-27(25-29)20-19-26-21-23-32-31-13-7-9-18-37(31)43-40(32)38(26)30/h3-25H,1-2H3. The van der Waals surface area contributed by atoms with Gasteiger partial charge in [-0.25, -0.2) is 0 Å². The van der Waals surface area contributed by atoms with Crippen molar-refractivity contribution in [1.29, 1.82) is 0 Å². The Bertz CT molecular complexity index is 2380. The van der Waals surface area contributed by atoms with Gasteiger partial charge in [-0.2, -0.15) is 0 Å². The van der Waals surface area contributed by atoms with Gasteiger partial charge in [-0.3, -0.25) is 0 Å². The van der Waals surface area contributed by atoms with Crippen LogP contribution in [0.15, 0.2) is 140 Å². The lowest BCUT2D eigenvalue weighted by molar-refractivity contribution is 0.660. The number of benzene rings is 7. The first kappa shape index (κ1) is 24.7. The first-order valence-electron chi connectivity index (χ1n) is 14.9. The average Bonchev–Trinajstić information content (AvgIpc) is 3.54. The molecule has 1 nitrogen and oxygen atoms in total. The van der Waals surface area contributed by atoms with Crippen molar-refractivity contribution in [2.75, 3.05) is 4.90 Å². The molecule has 0 saturated heterocycles. The SMILES string of the molecule is CC1(C)c2ccccc2-c2c(N(c3ccccc3)c3ccc4c(ccc5ccc6c7ccccc7sc6c54)c3)cccc21. The van der Waals surface area contributed by atoms with E-state index in [1.165, 1.54) is 69.7 Å². The normalized spacial score (nSPS) is 13.5. The number of nitrogens with zero attached hydrogens (tertiary/aromatic N) is 1. The van der Waals surface area contributed by atoms with Gasteiger partial charge in [0.15, 0.2) is 0 Å². The Hall–Kier alpha value is -4.92. The molecule has 43 heavy (non-hydrogen) atoms. The van der Waals surface area contributed by atoms with Gasteiger partial charge in [0, 0.05) is 47.9 Å². The summed E-state index contributed by atoms with van der Waals surface area (Å²) in [6.07, 6.45) is 0. The lowest BCUT2D eigenvalue weighted by Crippen LogP contribution is -2.16. The van der Waals surface area contributed by atoms with Gasteiger partial charge in [0.05, 0.1) is 5.69 Å².